The van der Waals surface area contributed by atoms with Gasteiger partial charge in [-0.15, -0.1) is 0 Å². The van der Waals surface area contributed by atoms with E-state index in [2.05, 4.69) is 6.92 Å². The third kappa shape index (κ3) is 11.1. The molecule has 0 radical (unpaired) electrons. The van der Waals surface area contributed by atoms with Crippen molar-refractivity contribution in [3.05, 3.63) is 48.0 Å². The number of benzene rings is 2. The normalized spacial score (nSPS) is 11.4. The van der Waals surface area contributed by atoms with Crippen molar-refractivity contribution in [3.8, 4) is 11.5 Å². The first-order valence-corrected chi connectivity index (χ1v) is 13.3. The summed E-state index contributed by atoms with van der Waals surface area (Å²) in [4.78, 5) is -1.65. The fraction of sp³-hybridized carbons (Fsp3) is 0.455. The third-order valence-corrected chi connectivity index (χ3v) is 6.75. The van der Waals surface area contributed by atoms with Crippen molar-refractivity contribution in [1.82, 2.24) is 0 Å². The van der Waals surface area contributed by atoms with Crippen LogP contribution in [0.25, 0.3) is 0 Å². The Morgan fingerprint density at radius 3 is 1.79 bits per heavy atom. The van der Waals surface area contributed by atoms with Gasteiger partial charge < -0.3 is 13.8 Å². The molecule has 0 aliphatic rings. The molecule has 0 aromatic heterocycles. The predicted molar refractivity (Wildman–Crippen MR) is 115 cm³/mol. The van der Waals surface area contributed by atoms with Crippen molar-refractivity contribution >= 4 is 20.2 Å². The number of hydrogen-bond acceptors (Lipinski definition) is 7. The minimum atomic E-state index is -5.10. The summed E-state index contributed by atoms with van der Waals surface area (Å²) in [5, 5.41) is 0. The van der Waals surface area contributed by atoms with Crippen LogP contribution in [-0.4, -0.2) is 25.9 Å². The molecule has 0 spiro atoms. The Morgan fingerprint density at radius 1 is 0.727 bits per heavy atom. The van der Waals surface area contributed by atoms with E-state index < -0.39 is 35.8 Å². The molecular weight excluding hydrogens is 486 g/mol. The molecule has 7 nitrogen and oxygen atoms in total. The van der Waals surface area contributed by atoms with Crippen molar-refractivity contribution in [3.63, 3.8) is 0 Å². The van der Waals surface area contributed by atoms with Crippen LogP contribution in [-0.2, 0) is 26.7 Å². The Kier molecular flexibility index (Phi) is 16.0. The summed E-state index contributed by atoms with van der Waals surface area (Å²) in [6.07, 6.45) is 8.55. The van der Waals surface area contributed by atoms with Crippen molar-refractivity contribution in [1.29, 1.82) is 0 Å². The molecule has 0 fully saturated rings. The molecule has 0 aliphatic heterocycles. The molecule has 0 saturated heterocycles. The van der Waals surface area contributed by atoms with Gasteiger partial charge >= 0.3 is 59.1 Å². The van der Waals surface area contributed by atoms with Crippen LogP contribution in [0.3, 0.4) is 0 Å². The van der Waals surface area contributed by atoms with Crippen molar-refractivity contribution in [2.45, 2.75) is 74.5 Å². The zero-order valence-corrected chi connectivity index (χ0v) is 25.2. The molecule has 2 aromatic carbocycles. The van der Waals surface area contributed by atoms with Gasteiger partial charge in [0.25, 0.3) is 0 Å². The first-order chi connectivity index (χ1) is 14.6. The molecule has 2 rings (SSSR count). The van der Waals surface area contributed by atoms with Gasteiger partial charge in [-0.2, -0.15) is 0 Å². The number of hydrogen-bond donors (Lipinski definition) is 0. The Balaban J connectivity index is 0.00000512. The van der Waals surface area contributed by atoms with Crippen LogP contribution in [0.2, 0.25) is 0 Å². The van der Waals surface area contributed by atoms with Crippen LogP contribution < -0.4 is 63.9 Å². The summed E-state index contributed by atoms with van der Waals surface area (Å²) in [5.74, 6) is -0.616. The molecule has 11 heteroatoms. The van der Waals surface area contributed by atoms with Gasteiger partial charge in [0.15, 0.2) is 5.75 Å². The Morgan fingerprint density at radius 2 is 1.27 bits per heavy atom. The van der Waals surface area contributed by atoms with E-state index in [9.17, 15) is 25.9 Å². The van der Waals surface area contributed by atoms with Crippen molar-refractivity contribution in [2.75, 3.05) is 0 Å². The van der Waals surface area contributed by atoms with Crippen LogP contribution in [0.4, 0.5) is 0 Å². The quantitative estimate of drug-likeness (QED) is 0.190. The topological polar surface area (TPSA) is 124 Å². The molecule has 0 aliphatic carbocycles. The monoisotopic (exact) mass is 514 g/mol. The Labute approximate surface area is 241 Å². The number of aryl methyl sites for hydroxylation is 1. The van der Waals surface area contributed by atoms with Gasteiger partial charge in [0.2, 0.25) is 0 Å². The largest absolute Gasteiger partial charge is 1.00 e. The van der Waals surface area contributed by atoms with Gasteiger partial charge in [-0.05, 0) is 36.6 Å². The molecule has 0 heterocycles. The molecule has 33 heavy (non-hydrogen) atoms. The Bertz CT molecular complexity index is 1060. The molecule has 172 valence electrons. The summed E-state index contributed by atoms with van der Waals surface area (Å²) in [6.45, 7) is 2.15. The van der Waals surface area contributed by atoms with E-state index in [0.717, 1.165) is 31.7 Å². The first-order valence-electron chi connectivity index (χ1n) is 10.4. The molecule has 2 aromatic rings. The van der Waals surface area contributed by atoms with Gasteiger partial charge in [-0.1, -0.05) is 76.1 Å². The second-order valence-corrected chi connectivity index (χ2v) is 10.1. The first kappa shape index (κ1) is 33.1. The average molecular weight is 515 g/mol. The predicted octanol–water partition coefficient (Wildman–Crippen LogP) is -1.02. The molecule has 0 atom stereocenters. The van der Waals surface area contributed by atoms with Crippen LogP contribution >= 0.6 is 0 Å². The zero-order chi connectivity index (χ0) is 22.9. The SMILES string of the molecule is CCCCCCCCCCc1ccc(S(=O)(=O)[O-])c(Oc2ccccc2)c1S(=O)(=O)[O-].[Na+].[Na+]. The zero-order valence-electron chi connectivity index (χ0n) is 19.6. The van der Waals surface area contributed by atoms with Gasteiger partial charge in [0.1, 0.15) is 30.9 Å². The fourth-order valence-corrected chi connectivity index (χ4v) is 4.95. The van der Waals surface area contributed by atoms with Crippen LogP contribution in [0.15, 0.2) is 52.3 Å². The van der Waals surface area contributed by atoms with Crippen LogP contribution in [0, 0.1) is 0 Å². The second-order valence-electron chi connectivity index (χ2n) is 7.43. The fourth-order valence-electron chi connectivity index (χ4n) is 3.41. The maximum atomic E-state index is 12.0. The molecule has 0 saturated carbocycles. The molecule has 0 unspecified atom stereocenters. The smallest absolute Gasteiger partial charge is 0.744 e. The average Bonchev–Trinajstić information content (AvgIpc) is 2.69. The molecule has 0 amide bonds. The van der Waals surface area contributed by atoms with E-state index in [1.807, 2.05) is 0 Å². The molecule has 0 bridgehead atoms. The molecule has 0 N–H and O–H groups in total. The molecular formula is C22H28Na2O7S2. The Hall–Kier alpha value is 0.0600. The van der Waals surface area contributed by atoms with E-state index >= 15 is 0 Å². The van der Waals surface area contributed by atoms with Gasteiger partial charge in [-0.3, -0.25) is 0 Å². The number of ether oxygens (including phenoxy) is 1. The van der Waals surface area contributed by atoms with E-state index in [4.69, 9.17) is 4.74 Å². The number of para-hydroxylation sites is 1. The summed E-state index contributed by atoms with van der Waals surface area (Å²) < 4.78 is 76.7. The van der Waals surface area contributed by atoms with Crippen molar-refractivity contribution in [2.24, 2.45) is 0 Å². The van der Waals surface area contributed by atoms with Gasteiger partial charge in [-0.25, -0.2) is 16.8 Å². The van der Waals surface area contributed by atoms with Gasteiger partial charge in [0, 0.05) is 0 Å². The third-order valence-electron chi connectivity index (χ3n) is 4.94. The van der Waals surface area contributed by atoms with Crippen LogP contribution in [0.1, 0.15) is 63.9 Å². The van der Waals surface area contributed by atoms with E-state index in [1.165, 1.54) is 37.5 Å². The number of unbranched alkanes of at least 4 members (excludes halogenated alkanes) is 7. The minimum Gasteiger partial charge on any atom is -0.744 e. The second kappa shape index (κ2) is 15.9. The maximum Gasteiger partial charge on any atom is 1.00 e. The van der Waals surface area contributed by atoms with Gasteiger partial charge in [0.05, 0.1) is 4.90 Å². The summed E-state index contributed by atoms with van der Waals surface area (Å²) >= 11 is 0. The summed E-state index contributed by atoms with van der Waals surface area (Å²) in [7, 11) is -10.2. The van der Waals surface area contributed by atoms with E-state index in [0.29, 0.717) is 6.42 Å². The maximum absolute atomic E-state index is 12.0. The standard InChI is InChI=1S/C22H30O7S2.2Na/c1-2-3-4-5-6-7-8-10-13-18-16-17-20(30(23,24)25)21(22(18)31(26,27)28)29-19-14-11-9-12-15-19;;/h9,11-12,14-17H,2-8,10,13H2,1H3,(H,23,24,25)(H,26,27,28);;/q;2*+1/p-2. The van der Waals surface area contributed by atoms with Crippen LogP contribution in [0.5, 0.6) is 11.5 Å². The van der Waals surface area contributed by atoms with E-state index in [-0.39, 0.29) is 76.8 Å². The van der Waals surface area contributed by atoms with E-state index in [1.54, 1.807) is 18.2 Å². The number of rotatable bonds is 13. The summed E-state index contributed by atoms with van der Waals surface area (Å²) in [5.41, 5.74) is 0.152. The summed E-state index contributed by atoms with van der Waals surface area (Å²) in [6, 6.07) is 10.0. The minimum absolute atomic E-state index is 0. The van der Waals surface area contributed by atoms with Crippen molar-refractivity contribution < 1.29 is 89.8 Å².